The highest BCUT2D eigenvalue weighted by Gasteiger charge is 2.12. The fourth-order valence-electron chi connectivity index (χ4n) is 0.739. The van der Waals surface area contributed by atoms with E-state index in [2.05, 4.69) is 14.9 Å². The van der Waals surface area contributed by atoms with Gasteiger partial charge in [0.2, 0.25) is 0 Å². The SMILES string of the molecule is C1=[N+]=Nc2cccnc21. The maximum atomic E-state index is 4.02. The van der Waals surface area contributed by atoms with Crippen molar-refractivity contribution >= 4 is 11.9 Å². The van der Waals surface area contributed by atoms with E-state index in [4.69, 9.17) is 0 Å². The highest BCUT2D eigenvalue weighted by atomic mass is 15.1. The van der Waals surface area contributed by atoms with Gasteiger partial charge in [-0.25, -0.2) is 4.98 Å². The van der Waals surface area contributed by atoms with E-state index in [1.807, 2.05) is 12.1 Å². The van der Waals surface area contributed by atoms with E-state index in [0.717, 1.165) is 11.4 Å². The fourth-order valence-corrected chi connectivity index (χ4v) is 0.739. The lowest BCUT2D eigenvalue weighted by atomic mass is 10.3. The average molecular weight is 118 g/mol. The summed E-state index contributed by atoms with van der Waals surface area (Å²) in [7, 11) is 0. The van der Waals surface area contributed by atoms with Gasteiger partial charge in [-0.1, -0.05) is 0 Å². The molecular weight excluding hydrogens is 114 g/mol. The molecule has 1 aliphatic rings. The van der Waals surface area contributed by atoms with Crippen molar-refractivity contribution in [2.24, 2.45) is 5.11 Å². The quantitative estimate of drug-likeness (QED) is 0.472. The molecule has 1 aromatic heterocycles. The first kappa shape index (κ1) is 4.41. The van der Waals surface area contributed by atoms with Crippen LogP contribution in [-0.2, 0) is 0 Å². The van der Waals surface area contributed by atoms with Gasteiger partial charge in [-0.15, -0.1) is 0 Å². The second-order valence-corrected chi connectivity index (χ2v) is 1.75. The maximum Gasteiger partial charge on any atom is 0.358 e. The van der Waals surface area contributed by atoms with Gasteiger partial charge in [-0.05, 0) is 12.1 Å². The van der Waals surface area contributed by atoms with Gasteiger partial charge in [0.1, 0.15) is 5.11 Å². The zero-order chi connectivity index (χ0) is 6.10. The Kier molecular flexibility index (Phi) is 0.737. The van der Waals surface area contributed by atoms with Gasteiger partial charge < -0.3 is 0 Å². The van der Waals surface area contributed by atoms with Crippen LogP contribution in [0.15, 0.2) is 23.4 Å². The van der Waals surface area contributed by atoms with Crippen molar-refractivity contribution in [1.29, 1.82) is 0 Å². The van der Waals surface area contributed by atoms with Crippen molar-refractivity contribution in [3.05, 3.63) is 24.0 Å². The first-order valence-electron chi connectivity index (χ1n) is 2.66. The smallest absolute Gasteiger partial charge is 0.247 e. The molecule has 0 spiro atoms. The third-order valence-electron chi connectivity index (χ3n) is 1.16. The molecule has 1 aromatic rings. The third-order valence-corrected chi connectivity index (χ3v) is 1.16. The third kappa shape index (κ3) is 0.556. The predicted molar refractivity (Wildman–Crippen MR) is 31.8 cm³/mol. The molecule has 0 fully saturated rings. The van der Waals surface area contributed by atoms with Crippen molar-refractivity contribution < 1.29 is 4.79 Å². The van der Waals surface area contributed by atoms with Crippen LogP contribution in [0, 0.1) is 0 Å². The van der Waals surface area contributed by atoms with E-state index < -0.39 is 0 Å². The van der Waals surface area contributed by atoms with Gasteiger partial charge in [0.15, 0.2) is 11.4 Å². The van der Waals surface area contributed by atoms with Crippen molar-refractivity contribution in [3.63, 3.8) is 0 Å². The first-order chi connectivity index (χ1) is 4.47. The zero-order valence-corrected chi connectivity index (χ0v) is 4.65. The molecule has 0 N–H and O–H groups in total. The Balaban J connectivity index is 2.72. The molecule has 0 bridgehead atoms. The summed E-state index contributed by atoms with van der Waals surface area (Å²) >= 11 is 0. The molecule has 0 amide bonds. The van der Waals surface area contributed by atoms with Gasteiger partial charge in [0.05, 0.1) is 4.79 Å². The van der Waals surface area contributed by atoms with Gasteiger partial charge in [0.25, 0.3) is 0 Å². The molecule has 0 unspecified atom stereocenters. The Bertz CT molecular complexity index is 270. The van der Waals surface area contributed by atoms with Crippen LogP contribution in [0.1, 0.15) is 5.69 Å². The second-order valence-electron chi connectivity index (χ2n) is 1.75. The monoisotopic (exact) mass is 118 g/mol. The van der Waals surface area contributed by atoms with Crippen LogP contribution in [0.3, 0.4) is 0 Å². The fraction of sp³-hybridized carbons (Fsp3) is 0. The highest BCUT2D eigenvalue weighted by Crippen LogP contribution is 2.14. The summed E-state index contributed by atoms with van der Waals surface area (Å²) in [6, 6.07) is 3.73. The van der Waals surface area contributed by atoms with Crippen LogP contribution in [-0.4, -0.2) is 16.0 Å². The molecule has 0 aliphatic carbocycles. The minimum atomic E-state index is 0.859. The summed E-state index contributed by atoms with van der Waals surface area (Å²) in [4.78, 5) is 7.70. The van der Waals surface area contributed by atoms with Crippen molar-refractivity contribution in [2.75, 3.05) is 0 Å². The molecule has 2 heterocycles. The number of hydrogen-bond donors (Lipinski definition) is 0. The van der Waals surface area contributed by atoms with Crippen LogP contribution in [0.2, 0.25) is 0 Å². The van der Waals surface area contributed by atoms with E-state index in [-0.39, 0.29) is 0 Å². The van der Waals surface area contributed by atoms with Gasteiger partial charge in [-0.3, -0.25) is 0 Å². The Morgan fingerprint density at radius 2 is 2.44 bits per heavy atom. The minimum absolute atomic E-state index is 0.859. The molecule has 2 rings (SSSR count). The Morgan fingerprint density at radius 3 is 3.33 bits per heavy atom. The van der Waals surface area contributed by atoms with Crippen molar-refractivity contribution in [3.8, 4) is 0 Å². The number of hydrogen-bond acceptors (Lipinski definition) is 2. The van der Waals surface area contributed by atoms with E-state index in [9.17, 15) is 0 Å². The van der Waals surface area contributed by atoms with Crippen LogP contribution in [0.4, 0.5) is 5.69 Å². The summed E-state index contributed by atoms with van der Waals surface area (Å²) in [5, 5.41) is 3.81. The average Bonchev–Trinajstić information content (AvgIpc) is 2.33. The predicted octanol–water partition coefficient (Wildman–Crippen LogP) is 0.806. The lowest BCUT2D eigenvalue weighted by Crippen LogP contribution is -1.81. The topological polar surface area (TPSA) is 39.4 Å². The molecule has 0 saturated heterocycles. The lowest BCUT2D eigenvalue weighted by Gasteiger charge is -1.80. The molecule has 0 aromatic carbocycles. The van der Waals surface area contributed by atoms with Gasteiger partial charge >= 0.3 is 6.21 Å². The molecule has 0 saturated carbocycles. The number of rotatable bonds is 0. The molecular formula is C6H4N3+. The summed E-state index contributed by atoms with van der Waals surface area (Å²) in [5.74, 6) is 0. The summed E-state index contributed by atoms with van der Waals surface area (Å²) in [6.45, 7) is 0. The summed E-state index contributed by atoms with van der Waals surface area (Å²) < 4.78 is 0. The Labute approximate surface area is 51.8 Å². The van der Waals surface area contributed by atoms with Crippen molar-refractivity contribution in [2.45, 2.75) is 0 Å². The number of pyridine rings is 1. The standard InChI is InChI=1S/C6H4N3/c1-2-5-6(7-3-1)4-8-9-5/h1-4H/q+1. The van der Waals surface area contributed by atoms with Crippen molar-refractivity contribution in [1.82, 2.24) is 4.98 Å². The molecule has 3 nitrogen and oxygen atoms in total. The molecule has 0 atom stereocenters. The lowest BCUT2D eigenvalue weighted by molar-refractivity contribution is -0.0634. The first-order valence-corrected chi connectivity index (χ1v) is 2.66. The van der Waals surface area contributed by atoms with Crippen LogP contribution < -0.4 is 0 Å². The van der Waals surface area contributed by atoms with Crippen LogP contribution >= 0.6 is 0 Å². The minimum Gasteiger partial charge on any atom is -0.247 e. The number of fused-ring (bicyclic) bond motifs is 1. The number of nitrogens with zero attached hydrogens (tertiary/aromatic N) is 3. The van der Waals surface area contributed by atoms with Crippen LogP contribution in [0.25, 0.3) is 0 Å². The summed E-state index contributed by atoms with van der Waals surface area (Å²) in [6.07, 6.45) is 3.38. The second kappa shape index (κ2) is 1.50. The molecule has 3 heteroatoms. The highest BCUT2D eigenvalue weighted by molar-refractivity contribution is 5.81. The van der Waals surface area contributed by atoms with E-state index in [1.165, 1.54) is 0 Å². The molecule has 42 valence electrons. The largest absolute Gasteiger partial charge is 0.358 e. The molecule has 9 heavy (non-hydrogen) atoms. The zero-order valence-electron chi connectivity index (χ0n) is 4.65. The normalized spacial score (nSPS) is 12.0. The van der Waals surface area contributed by atoms with E-state index >= 15 is 0 Å². The Morgan fingerprint density at radius 1 is 1.44 bits per heavy atom. The van der Waals surface area contributed by atoms with E-state index in [1.54, 1.807) is 12.4 Å². The van der Waals surface area contributed by atoms with Gasteiger partial charge in [0, 0.05) is 6.20 Å². The van der Waals surface area contributed by atoms with Crippen LogP contribution in [0.5, 0.6) is 0 Å². The maximum absolute atomic E-state index is 4.02. The summed E-state index contributed by atoms with van der Waals surface area (Å²) in [5.41, 5.74) is 1.72. The van der Waals surface area contributed by atoms with E-state index in [0.29, 0.717) is 0 Å². The Hall–Kier alpha value is -1.47. The number of aromatic nitrogens is 1. The molecule has 1 aliphatic heterocycles. The van der Waals surface area contributed by atoms with Gasteiger partial charge in [-0.2, -0.15) is 0 Å². The molecule has 0 radical (unpaired) electrons.